The van der Waals surface area contributed by atoms with Gasteiger partial charge in [-0.3, -0.25) is 0 Å². The normalized spacial score (nSPS) is 9.78. The molecule has 0 bridgehead atoms. The molecule has 0 spiro atoms. The molecule has 2 N–H and O–H groups in total. The van der Waals surface area contributed by atoms with Gasteiger partial charge in [0.1, 0.15) is 0 Å². The molecule has 0 aliphatic heterocycles. The second-order valence-electron chi connectivity index (χ2n) is 7.41. The zero-order valence-electron chi connectivity index (χ0n) is 27.4. The smallest absolute Gasteiger partial charge is 0.0382 e. The molecular formula is C39H58N2. The maximum Gasteiger partial charge on any atom is 0.0382 e. The van der Waals surface area contributed by atoms with E-state index in [9.17, 15) is 0 Å². The first-order chi connectivity index (χ1) is 20.0. The minimum absolute atomic E-state index is 1.10. The second kappa shape index (κ2) is 40.2. The van der Waals surface area contributed by atoms with Crippen LogP contribution in [0.15, 0.2) is 160 Å². The maximum atomic E-state index is 3.59. The van der Waals surface area contributed by atoms with Gasteiger partial charge in [0.05, 0.1) is 0 Å². The molecule has 0 aromatic heterocycles. The summed E-state index contributed by atoms with van der Waals surface area (Å²) in [6.45, 7) is 26.7. The molecule has 0 aliphatic rings. The van der Waals surface area contributed by atoms with E-state index in [2.05, 4.69) is 68.5 Å². The molecule has 2 nitrogen and oxygen atoms in total. The first-order valence-electron chi connectivity index (χ1n) is 14.3. The van der Waals surface area contributed by atoms with Crippen molar-refractivity contribution in [2.24, 2.45) is 0 Å². The highest BCUT2D eigenvalue weighted by atomic mass is 14.8. The largest absolute Gasteiger partial charge is 0.388 e. The molecule has 2 rings (SSSR count). The lowest BCUT2D eigenvalue weighted by molar-refractivity contribution is 1.43. The summed E-state index contributed by atoms with van der Waals surface area (Å²) in [6, 6.07) is 16.5. The van der Waals surface area contributed by atoms with Gasteiger partial charge >= 0.3 is 0 Å². The number of allylic oxidation sites excluding steroid dienone is 14. The number of benzene rings is 2. The quantitative estimate of drug-likeness (QED) is 0.301. The Kier molecular flexibility index (Phi) is 42.9. The van der Waals surface area contributed by atoms with Crippen LogP contribution in [0.5, 0.6) is 0 Å². The molecule has 2 aromatic rings. The van der Waals surface area contributed by atoms with E-state index in [0.717, 1.165) is 5.69 Å². The van der Waals surface area contributed by atoms with E-state index in [1.807, 2.05) is 146 Å². The van der Waals surface area contributed by atoms with Crippen molar-refractivity contribution in [3.05, 3.63) is 171 Å². The molecule has 224 valence electrons. The summed E-state index contributed by atoms with van der Waals surface area (Å²) in [5, 5.41) is 6.25. The number of anilines is 2. The van der Waals surface area contributed by atoms with E-state index in [1.54, 1.807) is 18.2 Å². The fourth-order valence-electron chi connectivity index (χ4n) is 2.39. The van der Waals surface area contributed by atoms with Crippen LogP contribution in [0, 0.1) is 13.8 Å². The van der Waals surface area contributed by atoms with Gasteiger partial charge in [0.25, 0.3) is 0 Å². The third kappa shape index (κ3) is 37.9. The van der Waals surface area contributed by atoms with Gasteiger partial charge in [-0.25, -0.2) is 0 Å². The Bertz CT molecular complexity index is 1010. The van der Waals surface area contributed by atoms with Crippen molar-refractivity contribution in [1.29, 1.82) is 0 Å². The van der Waals surface area contributed by atoms with Crippen molar-refractivity contribution in [3.63, 3.8) is 0 Å². The molecule has 41 heavy (non-hydrogen) atoms. The van der Waals surface area contributed by atoms with E-state index in [0.29, 0.717) is 0 Å². The molecule has 0 heterocycles. The average Bonchev–Trinajstić information content (AvgIpc) is 3.01. The Morgan fingerprint density at radius 2 is 0.927 bits per heavy atom. The molecule has 0 unspecified atom stereocenters. The standard InChI is InChI=1S/C13H15N.C8H11N.2C7H10.2C2H6/c1-3-4-5-6-10-14-13-9-7-8-12(2)11-13;1-7-4-3-5-8(6-7)9-2;2*1-3-5-7-6-4-2;2*1-2/h3-11,14H,1H2,2H3;3-6,9H,1-2H3;2*3-7H,1H2,2H3;2*1-2H3/b5-4-,10-6-;;2*6-4-,7-5-;;. The summed E-state index contributed by atoms with van der Waals surface area (Å²) in [5.74, 6) is 0. The lowest BCUT2D eigenvalue weighted by Crippen LogP contribution is -1.86. The summed E-state index contributed by atoms with van der Waals surface area (Å²) < 4.78 is 0. The van der Waals surface area contributed by atoms with Gasteiger partial charge in [-0.15, -0.1) is 0 Å². The van der Waals surface area contributed by atoms with E-state index in [-0.39, 0.29) is 0 Å². The number of hydrogen-bond acceptors (Lipinski definition) is 2. The van der Waals surface area contributed by atoms with Gasteiger partial charge in [-0.1, -0.05) is 151 Å². The van der Waals surface area contributed by atoms with Gasteiger partial charge < -0.3 is 10.6 Å². The molecule has 0 saturated heterocycles. The van der Waals surface area contributed by atoms with Crippen molar-refractivity contribution >= 4 is 11.4 Å². The highest BCUT2D eigenvalue weighted by Gasteiger charge is 1.87. The van der Waals surface area contributed by atoms with E-state index >= 15 is 0 Å². The molecule has 0 aliphatic carbocycles. The molecule has 0 radical (unpaired) electrons. The maximum absolute atomic E-state index is 3.59. The molecule has 0 amide bonds. The van der Waals surface area contributed by atoms with Crippen LogP contribution in [0.25, 0.3) is 0 Å². The lowest BCUT2D eigenvalue weighted by atomic mass is 10.2. The predicted octanol–water partition coefficient (Wildman–Crippen LogP) is 12.4. The number of rotatable bonds is 9. The van der Waals surface area contributed by atoms with Gasteiger partial charge in [0.15, 0.2) is 0 Å². The minimum atomic E-state index is 1.10. The Morgan fingerprint density at radius 3 is 1.27 bits per heavy atom. The number of hydrogen-bond donors (Lipinski definition) is 2. The molecule has 0 saturated carbocycles. The lowest BCUT2D eigenvalue weighted by Gasteiger charge is -2.00. The fourth-order valence-corrected chi connectivity index (χ4v) is 2.39. The Morgan fingerprint density at radius 1 is 0.537 bits per heavy atom. The zero-order valence-corrected chi connectivity index (χ0v) is 27.4. The van der Waals surface area contributed by atoms with Crippen LogP contribution in [0.4, 0.5) is 11.4 Å². The Labute approximate surface area is 254 Å². The van der Waals surface area contributed by atoms with Gasteiger partial charge in [-0.05, 0) is 69.2 Å². The number of aryl methyl sites for hydroxylation is 2. The summed E-state index contributed by atoms with van der Waals surface area (Å²) in [5.41, 5.74) is 4.83. The fraction of sp³-hybridized carbons (Fsp3) is 0.231. The van der Waals surface area contributed by atoms with Crippen molar-refractivity contribution in [1.82, 2.24) is 0 Å². The van der Waals surface area contributed by atoms with Gasteiger partial charge in [-0.2, -0.15) is 0 Å². The van der Waals surface area contributed by atoms with Crippen LogP contribution in [0.2, 0.25) is 0 Å². The molecule has 0 fully saturated rings. The average molecular weight is 555 g/mol. The third-order valence-corrected chi connectivity index (χ3v) is 4.13. The van der Waals surface area contributed by atoms with Crippen LogP contribution in [0.1, 0.15) is 52.7 Å². The van der Waals surface area contributed by atoms with Crippen LogP contribution >= 0.6 is 0 Å². The van der Waals surface area contributed by atoms with E-state index < -0.39 is 0 Å². The first-order valence-corrected chi connectivity index (χ1v) is 14.3. The first kappa shape index (κ1) is 43.7. The Balaban J connectivity index is -0.000000223. The summed E-state index contributed by atoms with van der Waals surface area (Å²) >= 11 is 0. The van der Waals surface area contributed by atoms with Crippen LogP contribution in [0.3, 0.4) is 0 Å². The summed E-state index contributed by atoms with van der Waals surface area (Å²) in [6.07, 6.45) is 28.4. The minimum Gasteiger partial charge on any atom is -0.388 e. The van der Waals surface area contributed by atoms with Crippen LogP contribution in [-0.4, -0.2) is 7.05 Å². The molecular weight excluding hydrogens is 496 g/mol. The summed E-state index contributed by atoms with van der Waals surface area (Å²) in [4.78, 5) is 0. The molecule has 0 atom stereocenters. The van der Waals surface area contributed by atoms with Crippen molar-refractivity contribution in [2.75, 3.05) is 17.7 Å². The molecule has 2 aromatic carbocycles. The van der Waals surface area contributed by atoms with E-state index in [4.69, 9.17) is 0 Å². The van der Waals surface area contributed by atoms with Crippen molar-refractivity contribution < 1.29 is 0 Å². The molecule has 2 heteroatoms. The number of nitrogens with one attached hydrogen (secondary N) is 2. The summed E-state index contributed by atoms with van der Waals surface area (Å²) in [7, 11) is 1.93. The third-order valence-electron chi connectivity index (χ3n) is 4.13. The highest BCUT2D eigenvalue weighted by Crippen LogP contribution is 2.09. The highest BCUT2D eigenvalue weighted by molar-refractivity contribution is 5.47. The van der Waals surface area contributed by atoms with Crippen molar-refractivity contribution in [2.45, 2.75) is 55.4 Å². The monoisotopic (exact) mass is 554 g/mol. The predicted molar refractivity (Wildman–Crippen MR) is 195 cm³/mol. The zero-order chi connectivity index (χ0) is 32.0. The SMILES string of the molecule is C=C/C=C\C=C/C.C=C/C=C\C=C/C.C=C/C=C\C=C/Nc1cccc(C)c1.CC.CC.CNc1cccc(C)c1. The van der Waals surface area contributed by atoms with Crippen molar-refractivity contribution in [3.8, 4) is 0 Å². The van der Waals surface area contributed by atoms with Gasteiger partial charge in [0.2, 0.25) is 0 Å². The topological polar surface area (TPSA) is 24.1 Å². The second-order valence-corrected chi connectivity index (χ2v) is 7.41. The van der Waals surface area contributed by atoms with E-state index in [1.165, 1.54) is 16.8 Å². The Hall–Kier alpha value is -4.30. The van der Waals surface area contributed by atoms with Crippen LogP contribution < -0.4 is 10.6 Å². The van der Waals surface area contributed by atoms with Crippen LogP contribution in [-0.2, 0) is 0 Å². The van der Waals surface area contributed by atoms with Gasteiger partial charge in [0, 0.05) is 24.6 Å².